The minimum Gasteiger partial charge on any atom is -0.497 e. The van der Waals surface area contributed by atoms with Crippen LogP contribution in [0.25, 0.3) is 0 Å². The molecule has 0 unspecified atom stereocenters. The minimum atomic E-state index is -4.76. The van der Waals surface area contributed by atoms with E-state index in [-0.39, 0.29) is 55.9 Å². The number of benzene rings is 6. The highest BCUT2D eigenvalue weighted by Gasteiger charge is 2.38. The maximum Gasteiger partial charge on any atom is 0.296 e. The average Bonchev–Trinajstić information content (AvgIpc) is 3.23. The Kier molecular flexibility index (Phi) is 11.0. The van der Waals surface area contributed by atoms with Crippen LogP contribution in [0.3, 0.4) is 0 Å². The van der Waals surface area contributed by atoms with Gasteiger partial charge in [0.1, 0.15) is 21.3 Å². The SMILES string of the molecule is CCOc1ccc(Nc2cc(S(=O)(=O)O)c(N)c3c2C(=O)c2ccccc2C3=O)cc1.COc1ccc(Nc2cc(S(=O)(=O)O)c(N)c3c2C(=O)c2ccccc2C3=O)cc1. The molecule has 18 heteroatoms. The monoisotopic (exact) mass is 862 g/mol. The van der Waals surface area contributed by atoms with Crippen LogP contribution in [0.5, 0.6) is 11.5 Å². The predicted molar refractivity (Wildman–Crippen MR) is 225 cm³/mol. The number of fused-ring (bicyclic) bond motifs is 4. The molecule has 6 aromatic rings. The number of nitrogen functional groups attached to an aromatic ring is 2. The second-order valence-corrected chi connectivity index (χ2v) is 16.2. The summed E-state index contributed by atoms with van der Waals surface area (Å²) in [5.41, 5.74) is 12.0. The van der Waals surface area contributed by atoms with E-state index in [1.165, 1.54) is 31.4 Å². The molecule has 0 aromatic heterocycles. The first-order valence-electron chi connectivity index (χ1n) is 18.1. The van der Waals surface area contributed by atoms with Gasteiger partial charge in [-0.2, -0.15) is 16.8 Å². The summed E-state index contributed by atoms with van der Waals surface area (Å²) in [4.78, 5) is 51.3. The number of hydrogen-bond donors (Lipinski definition) is 6. The number of ketones is 4. The lowest BCUT2D eigenvalue weighted by Crippen LogP contribution is -2.25. The van der Waals surface area contributed by atoms with Gasteiger partial charge in [-0.1, -0.05) is 48.5 Å². The van der Waals surface area contributed by atoms with Crippen LogP contribution in [0.1, 0.15) is 70.6 Å². The van der Waals surface area contributed by atoms with Crippen molar-refractivity contribution in [1.82, 2.24) is 0 Å². The summed E-state index contributed by atoms with van der Waals surface area (Å²) in [6.45, 7) is 2.34. The molecule has 0 heterocycles. The number of carbonyl (C=O) groups excluding carboxylic acids is 4. The molecule has 2 aliphatic rings. The van der Waals surface area contributed by atoms with Crippen LogP contribution in [0.2, 0.25) is 0 Å². The summed E-state index contributed by atoms with van der Waals surface area (Å²) in [7, 11) is -8.01. The number of ether oxygens (including phenoxy) is 2. The van der Waals surface area contributed by atoms with Crippen LogP contribution in [-0.4, -0.2) is 62.8 Å². The Hall–Kier alpha value is -7.38. The second-order valence-electron chi connectivity index (χ2n) is 13.5. The number of carbonyl (C=O) groups is 4. The molecule has 0 aliphatic heterocycles. The molecule has 0 atom stereocenters. The number of methoxy groups -OCH3 is 1. The molecule has 310 valence electrons. The van der Waals surface area contributed by atoms with E-state index in [2.05, 4.69) is 10.6 Å². The molecule has 2 aliphatic carbocycles. The van der Waals surface area contributed by atoms with Crippen LogP contribution < -0.4 is 31.6 Å². The van der Waals surface area contributed by atoms with Crippen molar-refractivity contribution in [3.63, 3.8) is 0 Å². The largest absolute Gasteiger partial charge is 0.497 e. The smallest absolute Gasteiger partial charge is 0.296 e. The van der Waals surface area contributed by atoms with E-state index in [0.29, 0.717) is 29.5 Å². The second kappa shape index (κ2) is 16.0. The first-order chi connectivity index (χ1) is 28.9. The van der Waals surface area contributed by atoms with E-state index in [9.17, 15) is 45.1 Å². The van der Waals surface area contributed by atoms with Crippen molar-refractivity contribution in [2.24, 2.45) is 0 Å². The van der Waals surface area contributed by atoms with Gasteiger partial charge in [-0.05, 0) is 67.6 Å². The summed E-state index contributed by atoms with van der Waals surface area (Å²) in [5.74, 6) is -0.925. The van der Waals surface area contributed by atoms with Crippen LogP contribution in [0, 0.1) is 0 Å². The molecular formula is C43H34N4O12S2. The molecule has 0 spiro atoms. The van der Waals surface area contributed by atoms with Gasteiger partial charge in [0.2, 0.25) is 0 Å². The molecule has 0 saturated heterocycles. The van der Waals surface area contributed by atoms with Crippen LogP contribution in [0.4, 0.5) is 34.1 Å². The number of nitrogens with one attached hydrogen (secondary N) is 2. The van der Waals surface area contributed by atoms with Gasteiger partial charge in [0.15, 0.2) is 23.1 Å². The molecule has 61 heavy (non-hydrogen) atoms. The topological polar surface area (TPSA) is 272 Å². The number of hydrogen-bond acceptors (Lipinski definition) is 14. The lowest BCUT2D eigenvalue weighted by Gasteiger charge is -2.23. The Labute approximate surface area is 348 Å². The first-order valence-corrected chi connectivity index (χ1v) is 21.0. The van der Waals surface area contributed by atoms with Gasteiger partial charge in [0, 0.05) is 33.6 Å². The summed E-state index contributed by atoms with van der Waals surface area (Å²) in [6.07, 6.45) is 0. The first kappa shape index (κ1) is 41.8. The quantitative estimate of drug-likeness (QED) is 0.0670. The lowest BCUT2D eigenvalue weighted by atomic mass is 9.82. The van der Waals surface area contributed by atoms with Crippen molar-refractivity contribution in [1.29, 1.82) is 0 Å². The van der Waals surface area contributed by atoms with Crippen LogP contribution in [-0.2, 0) is 20.2 Å². The standard InChI is InChI=1S/C22H18N2O6S.C21H16N2O6S/c1-2-30-13-9-7-12(8-10-13)24-16-11-17(31(27,28)29)20(23)19-18(16)21(25)14-5-3-4-6-15(14)22(19)26;1-29-12-8-6-11(7-9-12)23-15-10-16(30(26,27)28)19(22)18-17(15)20(24)13-4-2-3-5-14(13)21(18)25/h3-11,24H,2,23H2,1H3,(H,27,28,29);2-10,23H,22H2,1H3,(H,26,27,28). The fourth-order valence-corrected chi connectivity index (χ4v) is 8.29. The van der Waals surface area contributed by atoms with Crippen LogP contribution >= 0.6 is 0 Å². The van der Waals surface area contributed by atoms with E-state index in [0.717, 1.165) is 12.1 Å². The zero-order chi connectivity index (χ0) is 44.0. The fraction of sp³-hybridized carbons (Fsp3) is 0.0698. The molecule has 8 rings (SSSR count). The highest BCUT2D eigenvalue weighted by molar-refractivity contribution is 7.86. The molecule has 16 nitrogen and oxygen atoms in total. The molecule has 0 bridgehead atoms. The van der Waals surface area contributed by atoms with Crippen molar-refractivity contribution in [3.8, 4) is 11.5 Å². The van der Waals surface area contributed by atoms with Crippen molar-refractivity contribution >= 4 is 77.5 Å². The Morgan fingerprint density at radius 3 is 1.16 bits per heavy atom. The molecule has 8 N–H and O–H groups in total. The van der Waals surface area contributed by atoms with Gasteiger partial charge in [-0.15, -0.1) is 0 Å². The maximum atomic E-state index is 13.2. The Balaban J connectivity index is 0.000000184. The Morgan fingerprint density at radius 1 is 0.525 bits per heavy atom. The van der Waals surface area contributed by atoms with E-state index in [1.54, 1.807) is 72.8 Å². The van der Waals surface area contributed by atoms with Crippen LogP contribution in [0.15, 0.2) is 119 Å². The van der Waals surface area contributed by atoms with Gasteiger partial charge in [-0.25, -0.2) is 0 Å². The number of rotatable bonds is 9. The molecule has 0 amide bonds. The highest BCUT2D eigenvalue weighted by Crippen LogP contribution is 2.42. The summed E-state index contributed by atoms with van der Waals surface area (Å²) >= 11 is 0. The van der Waals surface area contributed by atoms with Gasteiger partial charge in [0.05, 0.1) is 58.7 Å². The molecular weight excluding hydrogens is 829 g/mol. The Morgan fingerprint density at radius 2 is 0.852 bits per heavy atom. The highest BCUT2D eigenvalue weighted by atomic mass is 32.2. The third-order valence-corrected chi connectivity index (χ3v) is 11.6. The third kappa shape index (κ3) is 7.78. The van der Waals surface area contributed by atoms with Gasteiger partial charge >= 0.3 is 0 Å². The fourth-order valence-electron chi connectivity index (χ4n) is 7.00. The summed E-state index contributed by atoms with van der Waals surface area (Å²) in [5, 5.41) is 5.91. The summed E-state index contributed by atoms with van der Waals surface area (Å²) < 4.78 is 77.4. The molecule has 0 saturated carbocycles. The van der Waals surface area contributed by atoms with Crippen molar-refractivity contribution in [2.75, 3.05) is 35.8 Å². The van der Waals surface area contributed by atoms with Gasteiger partial charge in [-0.3, -0.25) is 28.3 Å². The van der Waals surface area contributed by atoms with E-state index in [4.69, 9.17) is 20.9 Å². The summed E-state index contributed by atoms with van der Waals surface area (Å²) in [6, 6.07) is 27.9. The van der Waals surface area contributed by atoms with Crippen molar-refractivity contribution in [3.05, 3.63) is 154 Å². The van der Waals surface area contributed by atoms with E-state index >= 15 is 0 Å². The predicted octanol–water partition coefficient (Wildman–Crippen LogP) is 6.48. The molecule has 6 aromatic carbocycles. The number of nitrogens with two attached hydrogens (primary N) is 2. The third-order valence-electron chi connectivity index (χ3n) is 9.77. The normalized spacial score (nSPS) is 12.9. The Bertz CT molecular complexity index is 3060. The minimum absolute atomic E-state index is 0.0323. The van der Waals surface area contributed by atoms with Crippen molar-refractivity contribution < 1.29 is 54.6 Å². The molecule has 0 radical (unpaired) electrons. The lowest BCUT2D eigenvalue weighted by molar-refractivity contribution is 0.0980. The van der Waals surface area contributed by atoms with Crippen molar-refractivity contribution in [2.45, 2.75) is 16.7 Å². The zero-order valence-electron chi connectivity index (χ0n) is 32.0. The number of anilines is 6. The molecule has 0 fully saturated rings. The maximum absolute atomic E-state index is 13.2. The average molecular weight is 863 g/mol. The van der Waals surface area contributed by atoms with Gasteiger partial charge < -0.3 is 31.6 Å². The van der Waals surface area contributed by atoms with E-state index in [1.807, 2.05) is 6.92 Å². The van der Waals surface area contributed by atoms with Gasteiger partial charge in [0.25, 0.3) is 20.2 Å². The van der Waals surface area contributed by atoms with E-state index < -0.39 is 64.5 Å². The zero-order valence-corrected chi connectivity index (χ0v) is 33.7.